The third kappa shape index (κ3) is 4.60. The maximum Gasteiger partial charge on any atom is 0.252 e. The number of para-hydroxylation sites is 1. The van der Waals surface area contributed by atoms with Gasteiger partial charge in [-0.25, -0.2) is 13.4 Å². The minimum absolute atomic E-state index is 0.142. The Kier molecular flexibility index (Phi) is 6.67. The molecule has 4 heterocycles. The zero-order chi connectivity index (χ0) is 23.7. The van der Waals surface area contributed by atoms with E-state index in [0.29, 0.717) is 39.3 Å². The first-order valence-electron chi connectivity index (χ1n) is 10.7. The third-order valence-corrected chi connectivity index (χ3v) is 10.3. The van der Waals surface area contributed by atoms with Crippen molar-refractivity contribution in [3.63, 3.8) is 0 Å². The molecule has 4 aromatic rings. The normalized spacial score (nSPS) is 17.1. The summed E-state index contributed by atoms with van der Waals surface area (Å²) in [5.41, 5.74) is 1.37. The van der Waals surface area contributed by atoms with E-state index in [1.54, 1.807) is 34.7 Å². The van der Waals surface area contributed by atoms with Crippen LogP contribution in [-0.2, 0) is 21.4 Å². The van der Waals surface area contributed by atoms with Crippen LogP contribution >= 0.6 is 34.3 Å². The summed E-state index contributed by atoms with van der Waals surface area (Å²) in [6.45, 7) is 0.787. The summed E-state index contributed by atoms with van der Waals surface area (Å²) in [5.74, 6) is -0.637. The van der Waals surface area contributed by atoms with E-state index in [-0.39, 0.29) is 19.0 Å². The van der Waals surface area contributed by atoms with Crippen molar-refractivity contribution in [2.75, 3.05) is 18.0 Å². The second kappa shape index (κ2) is 9.71. The molecule has 0 bridgehead atoms. The molecule has 1 saturated heterocycles. The van der Waals surface area contributed by atoms with Crippen LogP contribution in [0.5, 0.6) is 0 Å². The maximum atomic E-state index is 13.8. The number of nitrogens with zero attached hydrogens (tertiary/aromatic N) is 4. The second-order valence-corrected chi connectivity index (χ2v) is 12.5. The standard InChI is InChI=1S/C23H21ClN4O3S3/c24-18-8-3-9-19-21(18)26-23(33-19)28(15-17-7-1-2-11-25-17)22(29)16-6-4-12-27(14-16)34(30,31)20-10-5-13-32-20/h1-3,5,7-11,13,16H,4,6,12,14-15H2. The molecule has 0 saturated carbocycles. The van der Waals surface area contributed by atoms with E-state index in [9.17, 15) is 13.2 Å². The number of amides is 1. The number of sulfonamides is 1. The number of hydrogen-bond acceptors (Lipinski definition) is 7. The van der Waals surface area contributed by atoms with Crippen LogP contribution in [0.25, 0.3) is 10.2 Å². The van der Waals surface area contributed by atoms with E-state index in [4.69, 9.17) is 11.6 Å². The highest BCUT2D eigenvalue weighted by molar-refractivity contribution is 7.91. The number of carbonyl (C=O) groups is 1. The average molecular weight is 533 g/mol. The number of piperidine rings is 1. The predicted octanol–water partition coefficient (Wildman–Crippen LogP) is 5.04. The number of carbonyl (C=O) groups excluding carboxylic acids is 1. The minimum Gasteiger partial charge on any atom is -0.282 e. The molecule has 1 aromatic carbocycles. The topological polar surface area (TPSA) is 83.5 Å². The fourth-order valence-corrected chi connectivity index (χ4v) is 7.97. The molecule has 1 unspecified atom stereocenters. The zero-order valence-corrected chi connectivity index (χ0v) is 21.2. The number of hydrogen-bond donors (Lipinski definition) is 0. The molecule has 1 atom stereocenters. The Balaban J connectivity index is 1.46. The Hall–Kier alpha value is -2.37. The van der Waals surface area contributed by atoms with Gasteiger partial charge in [0.2, 0.25) is 5.91 Å². The van der Waals surface area contributed by atoms with Crippen LogP contribution < -0.4 is 4.90 Å². The summed E-state index contributed by atoms with van der Waals surface area (Å²) in [4.78, 5) is 24.5. The lowest BCUT2D eigenvalue weighted by molar-refractivity contribution is -0.123. The summed E-state index contributed by atoms with van der Waals surface area (Å²) in [7, 11) is -3.62. The summed E-state index contributed by atoms with van der Waals surface area (Å²) >= 11 is 8.91. The smallest absolute Gasteiger partial charge is 0.252 e. The van der Waals surface area contributed by atoms with Gasteiger partial charge >= 0.3 is 0 Å². The van der Waals surface area contributed by atoms with Gasteiger partial charge in [0.05, 0.1) is 27.9 Å². The molecular formula is C23H21ClN4O3S3. The molecule has 0 N–H and O–H groups in total. The molecule has 1 aliphatic rings. The molecule has 0 spiro atoms. The highest BCUT2D eigenvalue weighted by Crippen LogP contribution is 2.35. The Labute approximate surface area is 210 Å². The summed E-state index contributed by atoms with van der Waals surface area (Å²) in [5, 5.41) is 2.79. The lowest BCUT2D eigenvalue weighted by atomic mass is 9.98. The number of anilines is 1. The molecule has 11 heteroatoms. The molecule has 7 nitrogen and oxygen atoms in total. The van der Waals surface area contributed by atoms with Gasteiger partial charge in [0.25, 0.3) is 10.0 Å². The first-order chi connectivity index (χ1) is 16.4. The number of benzene rings is 1. The number of thiophene rings is 1. The lowest BCUT2D eigenvalue weighted by Crippen LogP contribution is -2.46. The first kappa shape index (κ1) is 23.4. The van der Waals surface area contributed by atoms with Crippen LogP contribution in [0.2, 0.25) is 5.02 Å². The maximum absolute atomic E-state index is 13.8. The van der Waals surface area contributed by atoms with Gasteiger partial charge in [-0.15, -0.1) is 11.3 Å². The van der Waals surface area contributed by atoms with E-state index in [1.165, 1.54) is 27.0 Å². The van der Waals surface area contributed by atoms with Crippen molar-refractivity contribution in [1.29, 1.82) is 0 Å². The van der Waals surface area contributed by atoms with Crippen LogP contribution in [0.3, 0.4) is 0 Å². The minimum atomic E-state index is -3.62. The van der Waals surface area contributed by atoms with Crippen molar-refractivity contribution >= 4 is 65.6 Å². The number of fused-ring (bicyclic) bond motifs is 1. The van der Waals surface area contributed by atoms with Gasteiger partial charge in [-0.2, -0.15) is 4.31 Å². The van der Waals surface area contributed by atoms with E-state index in [0.717, 1.165) is 10.4 Å². The van der Waals surface area contributed by atoms with Gasteiger partial charge in [-0.3, -0.25) is 14.7 Å². The van der Waals surface area contributed by atoms with E-state index in [2.05, 4.69) is 9.97 Å². The monoisotopic (exact) mass is 532 g/mol. The quantitative estimate of drug-likeness (QED) is 0.347. The van der Waals surface area contributed by atoms with Gasteiger partial charge in [0, 0.05) is 19.3 Å². The highest BCUT2D eigenvalue weighted by atomic mass is 35.5. The highest BCUT2D eigenvalue weighted by Gasteiger charge is 2.36. The van der Waals surface area contributed by atoms with Crippen LogP contribution in [0, 0.1) is 5.92 Å². The largest absolute Gasteiger partial charge is 0.282 e. The number of halogens is 1. The lowest BCUT2D eigenvalue weighted by Gasteiger charge is -2.33. The van der Waals surface area contributed by atoms with Crippen molar-refractivity contribution < 1.29 is 13.2 Å². The number of aromatic nitrogens is 2. The number of pyridine rings is 1. The molecule has 3 aromatic heterocycles. The Morgan fingerprint density at radius 3 is 2.79 bits per heavy atom. The Morgan fingerprint density at radius 1 is 1.18 bits per heavy atom. The zero-order valence-electron chi connectivity index (χ0n) is 18.0. The summed E-state index contributed by atoms with van der Waals surface area (Å²) in [6.07, 6.45) is 2.91. The van der Waals surface area contributed by atoms with Crippen molar-refractivity contribution in [1.82, 2.24) is 14.3 Å². The molecule has 1 fully saturated rings. The molecular weight excluding hydrogens is 512 g/mol. The predicted molar refractivity (Wildman–Crippen MR) is 136 cm³/mol. The molecule has 1 amide bonds. The van der Waals surface area contributed by atoms with E-state index in [1.807, 2.05) is 30.3 Å². The Bertz CT molecular complexity index is 1410. The number of thiazole rings is 1. The van der Waals surface area contributed by atoms with E-state index >= 15 is 0 Å². The molecule has 0 radical (unpaired) electrons. The van der Waals surface area contributed by atoms with E-state index < -0.39 is 15.9 Å². The van der Waals surface area contributed by atoms with Crippen LogP contribution in [0.1, 0.15) is 18.5 Å². The van der Waals surface area contributed by atoms with Gasteiger partial charge in [0.15, 0.2) is 5.13 Å². The summed E-state index contributed by atoms with van der Waals surface area (Å²) < 4.78 is 28.8. The fourth-order valence-electron chi connectivity index (χ4n) is 4.03. The van der Waals surface area contributed by atoms with Crippen LogP contribution in [0.4, 0.5) is 5.13 Å². The first-order valence-corrected chi connectivity index (χ1v) is 14.2. The van der Waals surface area contributed by atoms with Gasteiger partial charge in [-0.1, -0.05) is 41.1 Å². The Morgan fingerprint density at radius 2 is 2.06 bits per heavy atom. The average Bonchev–Trinajstić information content (AvgIpc) is 3.54. The van der Waals surface area contributed by atoms with Crippen molar-refractivity contribution in [3.8, 4) is 0 Å². The molecule has 176 valence electrons. The summed E-state index contributed by atoms with van der Waals surface area (Å²) in [6, 6.07) is 14.4. The SMILES string of the molecule is O=C(C1CCCN(S(=O)(=O)c2cccs2)C1)N(Cc1ccccn1)c1nc2c(Cl)cccc2s1. The number of rotatable bonds is 6. The molecule has 1 aliphatic heterocycles. The van der Waals surface area contributed by atoms with Crippen molar-refractivity contribution in [2.24, 2.45) is 5.92 Å². The van der Waals surface area contributed by atoms with Gasteiger partial charge < -0.3 is 0 Å². The fraction of sp³-hybridized carbons (Fsp3) is 0.261. The van der Waals surface area contributed by atoms with Crippen molar-refractivity contribution in [2.45, 2.75) is 23.6 Å². The van der Waals surface area contributed by atoms with Crippen molar-refractivity contribution in [3.05, 3.63) is 70.8 Å². The van der Waals surface area contributed by atoms with Crippen LogP contribution in [0.15, 0.2) is 64.3 Å². The van der Waals surface area contributed by atoms with Gasteiger partial charge in [-0.05, 0) is 48.6 Å². The molecule has 34 heavy (non-hydrogen) atoms. The van der Waals surface area contributed by atoms with Gasteiger partial charge in [0.1, 0.15) is 9.73 Å². The third-order valence-electron chi connectivity index (χ3n) is 5.72. The van der Waals surface area contributed by atoms with Crippen LogP contribution in [-0.4, -0.2) is 41.7 Å². The molecule has 5 rings (SSSR count). The second-order valence-electron chi connectivity index (χ2n) is 7.96. The molecule has 0 aliphatic carbocycles.